The van der Waals surface area contributed by atoms with E-state index < -0.39 is 0 Å². The highest BCUT2D eigenvalue weighted by molar-refractivity contribution is 4.49. The lowest BCUT2D eigenvalue weighted by molar-refractivity contribution is -0.0115. The van der Waals surface area contributed by atoms with Gasteiger partial charge in [0.1, 0.15) is 0 Å². The Labute approximate surface area is 124 Å². The van der Waals surface area contributed by atoms with E-state index in [0.29, 0.717) is 45.6 Å². The molecule has 5 heteroatoms. The first kappa shape index (κ1) is 19.8. The van der Waals surface area contributed by atoms with Gasteiger partial charge in [-0.15, -0.1) is 0 Å². The number of hydrogen-bond acceptors (Lipinski definition) is 5. The van der Waals surface area contributed by atoms with E-state index in [1.54, 1.807) is 0 Å². The molecule has 0 aromatic heterocycles. The Morgan fingerprint density at radius 2 is 1.20 bits per heavy atom. The molecule has 5 nitrogen and oxygen atoms in total. The monoisotopic (exact) mass is 291 g/mol. The van der Waals surface area contributed by atoms with Crippen LogP contribution >= 0.6 is 0 Å². The first-order chi connectivity index (χ1) is 9.63. The number of nitrogens with one attached hydrogen (secondary N) is 1. The molecule has 0 bridgehead atoms. The molecule has 20 heavy (non-hydrogen) atoms. The lowest BCUT2D eigenvalue weighted by Crippen LogP contribution is -2.24. The molecule has 0 fully saturated rings. The lowest BCUT2D eigenvalue weighted by Gasteiger charge is -2.09. The molecular weight excluding hydrogens is 258 g/mol. The molecule has 0 saturated carbocycles. The van der Waals surface area contributed by atoms with Crippen LogP contribution in [0.4, 0.5) is 0 Å². The number of hydrogen-bond donors (Lipinski definition) is 1. The normalized spacial score (nSPS) is 11.7. The highest BCUT2D eigenvalue weighted by Gasteiger charge is 1.95. The Morgan fingerprint density at radius 1 is 0.700 bits per heavy atom. The summed E-state index contributed by atoms with van der Waals surface area (Å²) in [5.41, 5.74) is 0. The molecule has 0 aliphatic rings. The highest BCUT2D eigenvalue weighted by atomic mass is 16.6. The predicted molar refractivity (Wildman–Crippen MR) is 81.3 cm³/mol. The predicted octanol–water partition coefficient (Wildman–Crippen LogP) is 1.71. The third-order valence-corrected chi connectivity index (χ3v) is 2.40. The minimum atomic E-state index is 0.266. The molecule has 0 saturated heterocycles. The van der Waals surface area contributed by atoms with Crippen LogP contribution in [0.15, 0.2) is 0 Å². The minimum Gasteiger partial charge on any atom is -0.378 e. The molecule has 0 radical (unpaired) electrons. The van der Waals surface area contributed by atoms with E-state index in [1.807, 2.05) is 13.8 Å². The fraction of sp³-hybridized carbons (Fsp3) is 1.00. The van der Waals surface area contributed by atoms with E-state index in [2.05, 4.69) is 19.2 Å². The largest absolute Gasteiger partial charge is 0.378 e. The molecule has 0 aromatic carbocycles. The Morgan fingerprint density at radius 3 is 1.70 bits per heavy atom. The topological polar surface area (TPSA) is 49.0 Å². The lowest BCUT2D eigenvalue weighted by atomic mass is 10.2. The van der Waals surface area contributed by atoms with Crippen molar-refractivity contribution in [3.63, 3.8) is 0 Å². The molecule has 0 unspecified atom stereocenters. The van der Waals surface area contributed by atoms with Crippen LogP contribution < -0.4 is 5.32 Å². The van der Waals surface area contributed by atoms with Crippen molar-refractivity contribution in [1.29, 1.82) is 0 Å². The summed E-state index contributed by atoms with van der Waals surface area (Å²) >= 11 is 0. The van der Waals surface area contributed by atoms with Gasteiger partial charge in [0.25, 0.3) is 0 Å². The van der Waals surface area contributed by atoms with Crippen molar-refractivity contribution in [2.45, 2.75) is 33.8 Å². The number of rotatable bonds is 15. The molecule has 0 rings (SSSR count). The van der Waals surface area contributed by atoms with Gasteiger partial charge in [-0.3, -0.25) is 0 Å². The van der Waals surface area contributed by atoms with E-state index in [0.717, 1.165) is 19.7 Å². The smallest absolute Gasteiger partial charge is 0.0703 e. The molecule has 0 aliphatic heterocycles. The third-order valence-electron chi connectivity index (χ3n) is 2.40. The molecule has 0 aliphatic carbocycles. The van der Waals surface area contributed by atoms with Gasteiger partial charge in [0.05, 0.1) is 52.4 Å². The number of ether oxygens (including phenoxy) is 4. The van der Waals surface area contributed by atoms with Gasteiger partial charge < -0.3 is 24.3 Å². The van der Waals surface area contributed by atoms with Crippen molar-refractivity contribution in [2.24, 2.45) is 5.92 Å². The van der Waals surface area contributed by atoms with Gasteiger partial charge in [0.2, 0.25) is 0 Å². The van der Waals surface area contributed by atoms with Crippen molar-refractivity contribution in [3.05, 3.63) is 0 Å². The van der Waals surface area contributed by atoms with Gasteiger partial charge in [-0.2, -0.15) is 0 Å². The van der Waals surface area contributed by atoms with Crippen LogP contribution in [0.2, 0.25) is 0 Å². The van der Waals surface area contributed by atoms with Gasteiger partial charge in [0, 0.05) is 6.54 Å². The van der Waals surface area contributed by atoms with Crippen molar-refractivity contribution < 1.29 is 18.9 Å². The highest BCUT2D eigenvalue weighted by Crippen LogP contribution is 1.88. The first-order valence-corrected chi connectivity index (χ1v) is 7.68. The Bertz CT molecular complexity index is 169. The zero-order valence-corrected chi connectivity index (χ0v) is 13.7. The van der Waals surface area contributed by atoms with Crippen LogP contribution in [-0.2, 0) is 18.9 Å². The second-order valence-corrected chi connectivity index (χ2v) is 5.35. The summed E-state index contributed by atoms with van der Waals surface area (Å²) in [4.78, 5) is 0. The molecule has 122 valence electrons. The molecule has 0 aromatic rings. The summed E-state index contributed by atoms with van der Waals surface area (Å²) in [5, 5.41) is 3.33. The van der Waals surface area contributed by atoms with Gasteiger partial charge in [-0.05, 0) is 26.3 Å². The molecule has 0 atom stereocenters. The Hall–Kier alpha value is -0.200. The maximum Gasteiger partial charge on any atom is 0.0703 e. The fourth-order valence-corrected chi connectivity index (χ4v) is 1.42. The molecule has 1 N–H and O–H groups in total. The van der Waals surface area contributed by atoms with Gasteiger partial charge in [-0.1, -0.05) is 13.8 Å². The van der Waals surface area contributed by atoms with Crippen LogP contribution in [0, 0.1) is 5.92 Å². The summed E-state index contributed by atoms with van der Waals surface area (Å²) in [5.74, 6) is 0.685. The van der Waals surface area contributed by atoms with Crippen LogP contribution in [0.3, 0.4) is 0 Å². The van der Waals surface area contributed by atoms with Gasteiger partial charge in [0.15, 0.2) is 0 Å². The summed E-state index contributed by atoms with van der Waals surface area (Å²) in [6.07, 6.45) is 0.266. The fourth-order valence-electron chi connectivity index (χ4n) is 1.42. The van der Waals surface area contributed by atoms with Gasteiger partial charge >= 0.3 is 0 Å². The second-order valence-electron chi connectivity index (χ2n) is 5.35. The van der Waals surface area contributed by atoms with Crippen molar-refractivity contribution in [1.82, 2.24) is 5.32 Å². The van der Waals surface area contributed by atoms with E-state index in [-0.39, 0.29) is 6.10 Å². The zero-order chi connectivity index (χ0) is 15.1. The zero-order valence-electron chi connectivity index (χ0n) is 13.7. The van der Waals surface area contributed by atoms with E-state index >= 15 is 0 Å². The third kappa shape index (κ3) is 17.8. The van der Waals surface area contributed by atoms with Crippen molar-refractivity contribution in [2.75, 3.05) is 59.3 Å². The SMILES string of the molecule is CC(C)CNCCOCCOCCOCCOC(C)C. The minimum absolute atomic E-state index is 0.266. The molecule has 0 spiro atoms. The molecule has 0 amide bonds. The maximum atomic E-state index is 5.44. The molecule has 0 heterocycles. The van der Waals surface area contributed by atoms with E-state index in [9.17, 15) is 0 Å². The Balaban J connectivity index is 2.96. The average Bonchev–Trinajstić information content (AvgIpc) is 2.38. The second kappa shape index (κ2) is 15.2. The van der Waals surface area contributed by atoms with E-state index in [1.165, 1.54) is 0 Å². The standard InChI is InChI=1S/C15H33NO4/c1-14(2)13-16-5-6-17-7-8-18-9-10-19-11-12-20-15(3)4/h14-16H,5-13H2,1-4H3. The quantitative estimate of drug-likeness (QED) is 0.465. The van der Waals surface area contributed by atoms with Gasteiger partial charge in [-0.25, -0.2) is 0 Å². The summed E-state index contributed by atoms with van der Waals surface area (Å²) in [6.45, 7) is 14.8. The van der Waals surface area contributed by atoms with Crippen molar-refractivity contribution in [3.8, 4) is 0 Å². The van der Waals surface area contributed by atoms with Crippen LogP contribution in [0.25, 0.3) is 0 Å². The summed E-state index contributed by atoms with van der Waals surface area (Å²) < 4.78 is 21.6. The Kier molecular flexibility index (Phi) is 15.0. The van der Waals surface area contributed by atoms with Crippen LogP contribution in [0.5, 0.6) is 0 Å². The van der Waals surface area contributed by atoms with Crippen LogP contribution in [-0.4, -0.2) is 65.4 Å². The summed E-state index contributed by atoms with van der Waals surface area (Å²) in [7, 11) is 0. The first-order valence-electron chi connectivity index (χ1n) is 7.68. The molecular formula is C15H33NO4. The van der Waals surface area contributed by atoms with Crippen molar-refractivity contribution >= 4 is 0 Å². The van der Waals surface area contributed by atoms with E-state index in [4.69, 9.17) is 18.9 Å². The average molecular weight is 291 g/mol. The summed E-state index contributed by atoms with van der Waals surface area (Å²) in [6, 6.07) is 0. The van der Waals surface area contributed by atoms with Crippen LogP contribution in [0.1, 0.15) is 27.7 Å². The maximum absolute atomic E-state index is 5.44.